The summed E-state index contributed by atoms with van der Waals surface area (Å²) in [4.78, 5) is 15.9. The number of hydrogen-bond acceptors (Lipinski definition) is 6. The summed E-state index contributed by atoms with van der Waals surface area (Å²) in [5.74, 6) is 1.48. The van der Waals surface area contributed by atoms with E-state index in [2.05, 4.69) is 30.1 Å². The lowest BCUT2D eigenvalue weighted by atomic mass is 9.58. The van der Waals surface area contributed by atoms with Gasteiger partial charge in [0.05, 0.1) is 39.1 Å². The van der Waals surface area contributed by atoms with Crippen LogP contribution in [0.15, 0.2) is 18.2 Å². The molecule has 0 amide bonds. The Balaban J connectivity index is 1.34. The molecule has 6 nitrogen and oxygen atoms in total. The number of Topliss-reactive ketones (excluding diaryl/α,β-unsaturated/α-hetero) is 1. The number of nitrogens with zero attached hydrogens (tertiary/aromatic N) is 1. The second-order valence-electron chi connectivity index (χ2n) is 9.61. The summed E-state index contributed by atoms with van der Waals surface area (Å²) in [6.07, 6.45) is 3.78. The van der Waals surface area contributed by atoms with Gasteiger partial charge in [-0.2, -0.15) is 0 Å². The first kappa shape index (κ1) is 22.7. The molecule has 1 aliphatic heterocycles. The van der Waals surface area contributed by atoms with Gasteiger partial charge in [-0.1, -0.05) is 13.8 Å². The summed E-state index contributed by atoms with van der Waals surface area (Å²) >= 11 is 0. The molecule has 1 aromatic carbocycles. The molecule has 2 fully saturated rings. The highest BCUT2D eigenvalue weighted by Gasteiger charge is 2.52. The molecule has 3 atom stereocenters. The molecular formula is C25H38N2O4. The monoisotopic (exact) mass is 430 g/mol. The van der Waals surface area contributed by atoms with E-state index < -0.39 is 0 Å². The van der Waals surface area contributed by atoms with E-state index in [1.807, 2.05) is 12.1 Å². The van der Waals surface area contributed by atoms with Crippen molar-refractivity contribution in [3.05, 3.63) is 29.3 Å². The average molecular weight is 431 g/mol. The second kappa shape index (κ2) is 9.99. The smallest absolute Gasteiger partial charge is 0.180 e. The van der Waals surface area contributed by atoms with E-state index in [0.717, 1.165) is 43.2 Å². The molecule has 2 aliphatic carbocycles. The van der Waals surface area contributed by atoms with Crippen LogP contribution >= 0.6 is 0 Å². The molecule has 4 rings (SSSR count). The van der Waals surface area contributed by atoms with Crippen LogP contribution in [0.2, 0.25) is 0 Å². The largest absolute Gasteiger partial charge is 0.383 e. The number of ether oxygens (including phenoxy) is 3. The van der Waals surface area contributed by atoms with Crippen molar-refractivity contribution in [3.63, 3.8) is 0 Å². The molecule has 0 unspecified atom stereocenters. The van der Waals surface area contributed by atoms with E-state index >= 15 is 0 Å². The van der Waals surface area contributed by atoms with Gasteiger partial charge in [0.25, 0.3) is 0 Å². The number of likely N-dealkylation sites (tertiary alicyclic amines) is 1. The molecule has 172 valence electrons. The Morgan fingerprint density at radius 2 is 1.87 bits per heavy atom. The normalized spacial score (nSPS) is 27.9. The minimum atomic E-state index is 0.0465. The lowest BCUT2D eigenvalue weighted by molar-refractivity contribution is 0.0265. The molecule has 1 saturated heterocycles. The number of methoxy groups -OCH3 is 1. The third-order valence-electron chi connectivity index (χ3n) is 7.53. The summed E-state index contributed by atoms with van der Waals surface area (Å²) in [6, 6.07) is 6.35. The van der Waals surface area contributed by atoms with Crippen LogP contribution in [0.3, 0.4) is 0 Å². The maximum atomic E-state index is 13.4. The predicted molar refractivity (Wildman–Crippen MR) is 122 cm³/mol. The molecule has 1 N–H and O–H groups in total. The first-order valence-corrected chi connectivity index (χ1v) is 11.9. The van der Waals surface area contributed by atoms with Gasteiger partial charge in [0.1, 0.15) is 0 Å². The van der Waals surface area contributed by atoms with Gasteiger partial charge in [-0.3, -0.25) is 9.69 Å². The number of nitrogens with one attached hydrogen (secondary N) is 1. The Morgan fingerprint density at radius 3 is 2.61 bits per heavy atom. The number of piperidine rings is 1. The molecule has 0 spiro atoms. The fourth-order valence-corrected chi connectivity index (χ4v) is 5.25. The molecular weight excluding hydrogens is 392 g/mol. The van der Waals surface area contributed by atoms with Gasteiger partial charge in [-0.05, 0) is 66.8 Å². The number of rotatable bonds is 12. The third-order valence-corrected chi connectivity index (χ3v) is 7.53. The van der Waals surface area contributed by atoms with Crippen LogP contribution in [-0.2, 0) is 19.6 Å². The van der Waals surface area contributed by atoms with Gasteiger partial charge >= 0.3 is 0 Å². The Morgan fingerprint density at radius 1 is 1.13 bits per heavy atom. The maximum absolute atomic E-state index is 13.4. The third kappa shape index (κ3) is 4.98. The van der Waals surface area contributed by atoms with Gasteiger partial charge in [-0.25, -0.2) is 0 Å². The van der Waals surface area contributed by atoms with Crippen LogP contribution in [0.4, 0.5) is 5.69 Å². The molecule has 0 aromatic heterocycles. The van der Waals surface area contributed by atoms with Crippen LogP contribution in [0.5, 0.6) is 0 Å². The van der Waals surface area contributed by atoms with E-state index in [1.165, 1.54) is 18.4 Å². The van der Waals surface area contributed by atoms with Gasteiger partial charge in [0.15, 0.2) is 5.78 Å². The minimum Gasteiger partial charge on any atom is -0.383 e. The quantitative estimate of drug-likeness (QED) is 0.513. The lowest BCUT2D eigenvalue weighted by Gasteiger charge is -2.53. The molecule has 3 aliphatic rings. The Bertz CT molecular complexity index is 766. The SMILES string of the molecule is COCCOCCOCCNc1ccc2c(c1)[C@]1(C)CCN(CC3CC3)[C@H](C2=O)[C@@H]1C. The fraction of sp³-hybridized carbons (Fsp3) is 0.720. The second-order valence-corrected chi connectivity index (χ2v) is 9.61. The highest BCUT2D eigenvalue weighted by Crippen LogP contribution is 2.49. The first-order chi connectivity index (χ1) is 15.0. The number of fused-ring (bicyclic) bond motifs is 4. The molecule has 0 radical (unpaired) electrons. The van der Waals surface area contributed by atoms with E-state index in [1.54, 1.807) is 7.11 Å². The molecule has 2 bridgehead atoms. The van der Waals surface area contributed by atoms with Crippen LogP contribution in [-0.4, -0.2) is 76.5 Å². The van der Waals surface area contributed by atoms with Gasteiger partial charge in [0.2, 0.25) is 0 Å². The summed E-state index contributed by atoms with van der Waals surface area (Å²) < 4.78 is 16.0. The van der Waals surface area contributed by atoms with Crippen molar-refractivity contribution < 1.29 is 19.0 Å². The molecule has 1 heterocycles. The molecule has 1 saturated carbocycles. The van der Waals surface area contributed by atoms with Crippen LogP contribution in [0.25, 0.3) is 0 Å². The van der Waals surface area contributed by atoms with Gasteiger partial charge in [0, 0.05) is 31.5 Å². The number of benzene rings is 1. The van der Waals surface area contributed by atoms with Crippen molar-refractivity contribution in [2.75, 3.05) is 65.1 Å². The van der Waals surface area contributed by atoms with E-state index in [4.69, 9.17) is 14.2 Å². The van der Waals surface area contributed by atoms with Crippen molar-refractivity contribution >= 4 is 11.5 Å². The lowest BCUT2D eigenvalue weighted by Crippen LogP contribution is -2.61. The first-order valence-electron chi connectivity index (χ1n) is 11.9. The topological polar surface area (TPSA) is 60.0 Å². The number of ketones is 1. The highest BCUT2D eigenvalue weighted by atomic mass is 16.5. The fourth-order valence-electron chi connectivity index (χ4n) is 5.25. The van der Waals surface area contributed by atoms with E-state index in [9.17, 15) is 4.79 Å². The number of carbonyl (C=O) groups excluding carboxylic acids is 1. The zero-order chi connectivity index (χ0) is 21.8. The van der Waals surface area contributed by atoms with Crippen molar-refractivity contribution in [1.82, 2.24) is 4.90 Å². The number of carbonyl (C=O) groups is 1. The summed E-state index contributed by atoms with van der Waals surface area (Å²) in [5.41, 5.74) is 3.28. The van der Waals surface area contributed by atoms with Crippen molar-refractivity contribution in [3.8, 4) is 0 Å². The summed E-state index contributed by atoms with van der Waals surface area (Å²) in [6.45, 7) is 10.5. The highest BCUT2D eigenvalue weighted by molar-refractivity contribution is 6.04. The molecule has 1 aromatic rings. The number of hydrogen-bond donors (Lipinski definition) is 1. The predicted octanol–water partition coefficient (Wildman–Crippen LogP) is 3.35. The maximum Gasteiger partial charge on any atom is 0.180 e. The van der Waals surface area contributed by atoms with Crippen molar-refractivity contribution in [2.45, 2.75) is 44.6 Å². The van der Waals surface area contributed by atoms with Crippen LogP contribution in [0, 0.1) is 11.8 Å². The standard InChI is InChI=1S/C25H38N2O4/c1-18-23-24(28)21-7-6-20(26-9-11-30-14-15-31-13-12-29-3)16-22(21)25(18,2)8-10-27(23)17-19-4-5-19/h6-7,16,18-19,23,26H,4-5,8-15,17H2,1-3H3/t18-,23-,25+/m0/s1. The van der Waals surface area contributed by atoms with Crippen LogP contribution < -0.4 is 5.32 Å². The Labute approximate surface area is 186 Å². The minimum absolute atomic E-state index is 0.0465. The van der Waals surface area contributed by atoms with E-state index in [-0.39, 0.29) is 11.5 Å². The van der Waals surface area contributed by atoms with Crippen molar-refractivity contribution in [1.29, 1.82) is 0 Å². The Kier molecular flexibility index (Phi) is 7.32. The molecule has 6 heteroatoms. The Hall–Kier alpha value is -1.47. The van der Waals surface area contributed by atoms with E-state index in [0.29, 0.717) is 44.7 Å². The molecule has 31 heavy (non-hydrogen) atoms. The average Bonchev–Trinajstić information content (AvgIpc) is 3.58. The number of anilines is 1. The zero-order valence-corrected chi connectivity index (χ0v) is 19.3. The summed E-state index contributed by atoms with van der Waals surface area (Å²) in [5, 5.41) is 3.46. The van der Waals surface area contributed by atoms with Crippen LogP contribution in [0.1, 0.15) is 49.0 Å². The zero-order valence-electron chi connectivity index (χ0n) is 19.3. The van der Waals surface area contributed by atoms with Crippen molar-refractivity contribution in [2.24, 2.45) is 11.8 Å². The van der Waals surface area contributed by atoms with Gasteiger partial charge in [-0.15, -0.1) is 0 Å². The summed E-state index contributed by atoms with van der Waals surface area (Å²) in [7, 11) is 1.67. The van der Waals surface area contributed by atoms with Gasteiger partial charge < -0.3 is 19.5 Å².